The Labute approximate surface area is 113 Å². The zero-order chi connectivity index (χ0) is 13.2. The number of aromatic nitrogens is 2. The van der Waals surface area contributed by atoms with Gasteiger partial charge in [-0.1, -0.05) is 12.1 Å². The summed E-state index contributed by atoms with van der Waals surface area (Å²) >= 11 is 0. The van der Waals surface area contributed by atoms with Gasteiger partial charge < -0.3 is 0 Å². The molecule has 2 unspecified atom stereocenters. The van der Waals surface area contributed by atoms with E-state index in [4.69, 9.17) is 5.84 Å². The molecule has 0 spiro atoms. The number of hydrazine groups is 1. The van der Waals surface area contributed by atoms with Crippen LogP contribution in [0.1, 0.15) is 41.0 Å². The van der Waals surface area contributed by atoms with Crippen molar-refractivity contribution in [1.29, 1.82) is 0 Å². The van der Waals surface area contributed by atoms with Gasteiger partial charge in [-0.3, -0.25) is 21.2 Å². The van der Waals surface area contributed by atoms with E-state index in [9.17, 15) is 0 Å². The Balaban J connectivity index is 1.96. The molecule has 0 saturated heterocycles. The monoisotopic (exact) mass is 254 g/mol. The quantitative estimate of drug-likeness (QED) is 0.649. The number of hydrogen-bond donors (Lipinski definition) is 2. The van der Waals surface area contributed by atoms with Gasteiger partial charge in [-0.05, 0) is 43.5 Å². The van der Waals surface area contributed by atoms with Crippen LogP contribution in [0.2, 0.25) is 0 Å². The Kier molecular flexibility index (Phi) is 3.27. The molecule has 1 aliphatic rings. The SMILES string of the molecule is Cc1cccc(C(NN)C2CCc3cccnc32)n1. The fourth-order valence-corrected chi connectivity index (χ4v) is 2.91. The average molecular weight is 254 g/mol. The van der Waals surface area contributed by atoms with Crippen molar-refractivity contribution >= 4 is 0 Å². The van der Waals surface area contributed by atoms with Crippen molar-refractivity contribution in [3.8, 4) is 0 Å². The topological polar surface area (TPSA) is 63.8 Å². The van der Waals surface area contributed by atoms with E-state index in [1.165, 1.54) is 5.56 Å². The molecule has 2 aromatic heterocycles. The number of nitrogens with zero attached hydrogens (tertiary/aromatic N) is 2. The highest BCUT2D eigenvalue weighted by molar-refractivity contribution is 5.32. The lowest BCUT2D eigenvalue weighted by molar-refractivity contribution is 0.437. The largest absolute Gasteiger partial charge is 0.271 e. The highest BCUT2D eigenvalue weighted by Crippen LogP contribution is 2.39. The standard InChI is InChI=1S/C15H18N4/c1-10-4-2-6-13(18-10)15(19-16)12-8-7-11-5-3-9-17-14(11)12/h2-6,9,12,15,19H,7-8,16H2,1H3. The van der Waals surface area contributed by atoms with E-state index in [1.807, 2.05) is 37.4 Å². The second-order valence-corrected chi connectivity index (χ2v) is 5.04. The first kappa shape index (κ1) is 12.3. The highest BCUT2D eigenvalue weighted by Gasteiger charge is 2.32. The molecule has 2 aromatic rings. The third-order valence-electron chi connectivity index (χ3n) is 3.81. The smallest absolute Gasteiger partial charge is 0.0715 e. The number of nitrogens with two attached hydrogens (primary N) is 1. The van der Waals surface area contributed by atoms with Gasteiger partial charge in [0.1, 0.15) is 0 Å². The Morgan fingerprint density at radius 1 is 1.32 bits per heavy atom. The summed E-state index contributed by atoms with van der Waals surface area (Å²) in [7, 11) is 0. The summed E-state index contributed by atoms with van der Waals surface area (Å²) in [6.45, 7) is 2.00. The van der Waals surface area contributed by atoms with Crippen LogP contribution in [-0.2, 0) is 6.42 Å². The van der Waals surface area contributed by atoms with Gasteiger partial charge in [0.25, 0.3) is 0 Å². The fourth-order valence-electron chi connectivity index (χ4n) is 2.91. The van der Waals surface area contributed by atoms with Gasteiger partial charge in [-0.15, -0.1) is 0 Å². The van der Waals surface area contributed by atoms with Crippen LogP contribution in [-0.4, -0.2) is 9.97 Å². The van der Waals surface area contributed by atoms with Crippen LogP contribution in [0.15, 0.2) is 36.5 Å². The maximum Gasteiger partial charge on any atom is 0.0715 e. The molecule has 98 valence electrons. The van der Waals surface area contributed by atoms with Gasteiger partial charge in [-0.2, -0.15) is 0 Å². The van der Waals surface area contributed by atoms with Crippen molar-refractivity contribution in [2.75, 3.05) is 0 Å². The van der Waals surface area contributed by atoms with E-state index in [-0.39, 0.29) is 6.04 Å². The van der Waals surface area contributed by atoms with Crippen LogP contribution in [0.5, 0.6) is 0 Å². The van der Waals surface area contributed by atoms with Crippen molar-refractivity contribution in [3.63, 3.8) is 0 Å². The highest BCUT2D eigenvalue weighted by atomic mass is 15.2. The molecule has 0 radical (unpaired) electrons. The molecule has 3 N–H and O–H groups in total. The molecule has 3 rings (SSSR count). The molecule has 0 fully saturated rings. The zero-order valence-electron chi connectivity index (χ0n) is 11.0. The summed E-state index contributed by atoms with van der Waals surface area (Å²) in [4.78, 5) is 9.13. The maximum absolute atomic E-state index is 5.77. The normalized spacial score (nSPS) is 19.2. The first-order chi connectivity index (χ1) is 9.29. The molecule has 19 heavy (non-hydrogen) atoms. The molecule has 0 aromatic carbocycles. The third kappa shape index (κ3) is 2.25. The van der Waals surface area contributed by atoms with Crippen LogP contribution in [0.3, 0.4) is 0 Å². The van der Waals surface area contributed by atoms with Crippen LogP contribution in [0.4, 0.5) is 0 Å². The minimum atomic E-state index is 0.0241. The van der Waals surface area contributed by atoms with Gasteiger partial charge in [-0.25, -0.2) is 0 Å². The van der Waals surface area contributed by atoms with E-state index >= 15 is 0 Å². The number of rotatable bonds is 3. The van der Waals surface area contributed by atoms with Gasteiger partial charge in [0.2, 0.25) is 0 Å². The minimum absolute atomic E-state index is 0.0241. The lowest BCUT2D eigenvalue weighted by atomic mass is 9.94. The lowest BCUT2D eigenvalue weighted by Crippen LogP contribution is -2.33. The summed E-state index contributed by atoms with van der Waals surface area (Å²) in [5.41, 5.74) is 7.42. The molecule has 2 atom stereocenters. The summed E-state index contributed by atoms with van der Waals surface area (Å²) in [6, 6.07) is 10.2. The molecule has 4 heteroatoms. The van der Waals surface area contributed by atoms with Gasteiger partial charge >= 0.3 is 0 Å². The molecule has 1 aliphatic carbocycles. The zero-order valence-corrected chi connectivity index (χ0v) is 11.0. The van der Waals surface area contributed by atoms with Crippen molar-refractivity contribution in [2.45, 2.75) is 31.7 Å². The van der Waals surface area contributed by atoms with Crippen LogP contribution in [0.25, 0.3) is 0 Å². The summed E-state index contributed by atoms with van der Waals surface area (Å²) in [5, 5.41) is 0. The van der Waals surface area contributed by atoms with Crippen molar-refractivity contribution in [3.05, 3.63) is 59.2 Å². The van der Waals surface area contributed by atoms with Crippen molar-refractivity contribution < 1.29 is 0 Å². The third-order valence-corrected chi connectivity index (χ3v) is 3.81. The first-order valence-electron chi connectivity index (χ1n) is 6.63. The maximum atomic E-state index is 5.77. The van der Waals surface area contributed by atoms with Gasteiger partial charge in [0, 0.05) is 23.5 Å². The predicted molar refractivity (Wildman–Crippen MR) is 74.3 cm³/mol. The van der Waals surface area contributed by atoms with Crippen molar-refractivity contribution in [2.24, 2.45) is 5.84 Å². The Hall–Kier alpha value is -1.78. The number of fused-ring (bicyclic) bond motifs is 1. The molecule has 0 aliphatic heterocycles. The average Bonchev–Trinajstić information content (AvgIpc) is 2.84. The van der Waals surface area contributed by atoms with E-state index in [2.05, 4.69) is 21.5 Å². The second kappa shape index (κ2) is 5.07. The number of nitrogens with one attached hydrogen (secondary N) is 1. The lowest BCUT2D eigenvalue weighted by Gasteiger charge is -2.22. The minimum Gasteiger partial charge on any atom is -0.271 e. The Morgan fingerprint density at radius 3 is 3.00 bits per heavy atom. The molecular weight excluding hydrogens is 236 g/mol. The Morgan fingerprint density at radius 2 is 2.21 bits per heavy atom. The van der Waals surface area contributed by atoms with Crippen LogP contribution in [0, 0.1) is 6.92 Å². The Bertz CT molecular complexity index is 582. The van der Waals surface area contributed by atoms with Gasteiger partial charge in [0.15, 0.2) is 0 Å². The van der Waals surface area contributed by atoms with E-state index in [1.54, 1.807) is 0 Å². The summed E-state index contributed by atoms with van der Waals surface area (Å²) in [5.74, 6) is 6.08. The number of aryl methyl sites for hydroxylation is 2. The van der Waals surface area contributed by atoms with Crippen LogP contribution < -0.4 is 11.3 Å². The number of hydrogen-bond acceptors (Lipinski definition) is 4. The molecule has 0 bridgehead atoms. The fraction of sp³-hybridized carbons (Fsp3) is 0.333. The van der Waals surface area contributed by atoms with Crippen molar-refractivity contribution in [1.82, 2.24) is 15.4 Å². The van der Waals surface area contributed by atoms with E-state index < -0.39 is 0 Å². The summed E-state index contributed by atoms with van der Waals surface area (Å²) in [6.07, 6.45) is 3.99. The molecular formula is C15H18N4. The first-order valence-corrected chi connectivity index (χ1v) is 6.63. The molecule has 4 nitrogen and oxygen atoms in total. The predicted octanol–water partition coefficient (Wildman–Crippen LogP) is 2.02. The van der Waals surface area contributed by atoms with Crippen LogP contribution >= 0.6 is 0 Å². The molecule has 0 saturated carbocycles. The number of pyridine rings is 2. The molecule has 0 amide bonds. The second-order valence-electron chi connectivity index (χ2n) is 5.04. The van der Waals surface area contributed by atoms with E-state index in [0.29, 0.717) is 5.92 Å². The summed E-state index contributed by atoms with van der Waals surface area (Å²) < 4.78 is 0. The van der Waals surface area contributed by atoms with E-state index in [0.717, 1.165) is 29.9 Å². The van der Waals surface area contributed by atoms with Gasteiger partial charge in [0.05, 0.1) is 11.7 Å². The molecule has 2 heterocycles.